The van der Waals surface area contributed by atoms with E-state index >= 15 is 0 Å². The zero-order valence-corrected chi connectivity index (χ0v) is 19.0. The van der Waals surface area contributed by atoms with Gasteiger partial charge in [0.1, 0.15) is 11.7 Å². The smallest absolute Gasteiger partial charge is 0.338 e. The molecule has 6 heteroatoms. The molecule has 0 amide bonds. The molecule has 2 fully saturated rings. The van der Waals surface area contributed by atoms with E-state index in [9.17, 15) is 14.7 Å². The molecular weight excluding hydrogens is 436 g/mol. The highest BCUT2D eigenvalue weighted by Gasteiger charge is 2.53. The number of ether oxygens (including phenoxy) is 2. The van der Waals surface area contributed by atoms with Gasteiger partial charge in [-0.3, -0.25) is 4.79 Å². The largest absolute Gasteiger partial charge is 0.481 e. The standard InChI is InChI=1S/C23H31BrO5/c1-22(2)18(20(25)26)13-14-23(3,29-22)19(15-7-5-4-6-8-15)28-21(27)16-9-11-17(24)12-10-16/h9-12,15,18-19H,4-8,13-14H2,1-3H3,(H,25,26)/t18-,19-,23-/m0/s1. The second kappa shape index (κ2) is 8.76. The lowest BCUT2D eigenvalue weighted by Crippen LogP contribution is -2.59. The van der Waals surface area contributed by atoms with E-state index in [-0.39, 0.29) is 11.9 Å². The van der Waals surface area contributed by atoms with Crippen molar-refractivity contribution in [3.8, 4) is 0 Å². The SMILES string of the molecule is CC1(C)O[C@](C)([C@@H](OC(=O)c2ccc(Br)cc2)C2CCCCC2)CC[C@H]1C(=O)O. The molecule has 1 N–H and O–H groups in total. The van der Waals surface area contributed by atoms with E-state index in [0.29, 0.717) is 18.4 Å². The van der Waals surface area contributed by atoms with Crippen LogP contribution < -0.4 is 0 Å². The van der Waals surface area contributed by atoms with E-state index in [1.807, 2.05) is 32.9 Å². The molecular formula is C23H31BrO5. The van der Waals surface area contributed by atoms with Crippen LogP contribution in [0.3, 0.4) is 0 Å². The molecule has 2 aliphatic rings. The van der Waals surface area contributed by atoms with Gasteiger partial charge in [0, 0.05) is 4.47 Å². The summed E-state index contributed by atoms with van der Waals surface area (Å²) in [6.07, 6.45) is 6.12. The molecule has 0 aromatic heterocycles. The Labute approximate surface area is 181 Å². The summed E-state index contributed by atoms with van der Waals surface area (Å²) in [7, 11) is 0. The van der Waals surface area contributed by atoms with Gasteiger partial charge in [-0.2, -0.15) is 0 Å². The van der Waals surface area contributed by atoms with Crippen LogP contribution in [0.5, 0.6) is 0 Å². The van der Waals surface area contributed by atoms with Gasteiger partial charge in [-0.1, -0.05) is 35.2 Å². The number of carbonyl (C=O) groups is 2. The molecule has 1 aliphatic carbocycles. The van der Waals surface area contributed by atoms with Gasteiger partial charge in [-0.25, -0.2) is 4.79 Å². The molecule has 1 aliphatic heterocycles. The Balaban J connectivity index is 1.86. The monoisotopic (exact) mass is 466 g/mol. The zero-order chi connectivity index (χ0) is 21.2. The van der Waals surface area contributed by atoms with Gasteiger partial charge in [-0.15, -0.1) is 0 Å². The highest BCUT2D eigenvalue weighted by Crippen LogP contribution is 2.45. The highest BCUT2D eigenvalue weighted by atomic mass is 79.9. The minimum atomic E-state index is -0.835. The second-order valence-corrected chi connectivity index (χ2v) is 10.1. The third kappa shape index (κ3) is 5.02. The Morgan fingerprint density at radius 1 is 1.10 bits per heavy atom. The molecule has 0 radical (unpaired) electrons. The van der Waals surface area contributed by atoms with E-state index in [4.69, 9.17) is 9.47 Å². The minimum Gasteiger partial charge on any atom is -0.481 e. The maximum absolute atomic E-state index is 12.9. The van der Waals surface area contributed by atoms with Gasteiger partial charge in [0.15, 0.2) is 0 Å². The summed E-state index contributed by atoms with van der Waals surface area (Å²) in [5.41, 5.74) is -1.02. The van der Waals surface area contributed by atoms with Crippen molar-refractivity contribution >= 4 is 27.9 Å². The van der Waals surface area contributed by atoms with Gasteiger partial charge < -0.3 is 14.6 Å². The molecule has 1 saturated heterocycles. The third-order valence-electron chi connectivity index (χ3n) is 6.56. The Morgan fingerprint density at radius 2 is 1.72 bits per heavy atom. The maximum Gasteiger partial charge on any atom is 0.338 e. The molecule has 160 valence electrons. The first-order valence-corrected chi connectivity index (χ1v) is 11.3. The van der Waals surface area contributed by atoms with E-state index in [0.717, 1.165) is 30.2 Å². The summed E-state index contributed by atoms with van der Waals surface area (Å²) in [5, 5.41) is 9.58. The van der Waals surface area contributed by atoms with Crippen LogP contribution in [0.4, 0.5) is 0 Å². The number of carbonyl (C=O) groups excluding carboxylic acids is 1. The van der Waals surface area contributed by atoms with Crippen LogP contribution in [0.15, 0.2) is 28.7 Å². The molecule has 3 atom stereocenters. The topological polar surface area (TPSA) is 72.8 Å². The first kappa shape index (κ1) is 22.3. The number of hydrogen-bond acceptors (Lipinski definition) is 4. The number of carboxylic acids is 1. The summed E-state index contributed by atoms with van der Waals surface area (Å²) in [6.45, 7) is 5.65. The predicted molar refractivity (Wildman–Crippen MR) is 114 cm³/mol. The molecule has 29 heavy (non-hydrogen) atoms. The number of aliphatic carboxylic acids is 1. The first-order chi connectivity index (χ1) is 13.6. The number of rotatable bonds is 5. The molecule has 1 aromatic carbocycles. The predicted octanol–water partition coefficient (Wildman–Crippen LogP) is 5.60. The van der Waals surface area contributed by atoms with Crippen LogP contribution in [-0.4, -0.2) is 34.4 Å². The summed E-state index contributed by atoms with van der Waals surface area (Å²) >= 11 is 3.39. The summed E-state index contributed by atoms with van der Waals surface area (Å²) in [6, 6.07) is 7.15. The van der Waals surface area contributed by atoms with Crippen LogP contribution in [0.2, 0.25) is 0 Å². The van der Waals surface area contributed by atoms with Gasteiger partial charge in [-0.05, 0) is 76.6 Å². The number of halogens is 1. The van der Waals surface area contributed by atoms with Gasteiger partial charge in [0.2, 0.25) is 0 Å². The lowest BCUT2D eigenvalue weighted by molar-refractivity contribution is -0.241. The number of benzene rings is 1. The van der Waals surface area contributed by atoms with Crippen molar-refractivity contribution in [3.05, 3.63) is 34.3 Å². The molecule has 1 aromatic rings. The average molecular weight is 467 g/mol. The third-order valence-corrected chi connectivity index (χ3v) is 7.09. The second-order valence-electron chi connectivity index (χ2n) is 9.18. The Kier molecular flexibility index (Phi) is 6.74. The van der Waals surface area contributed by atoms with Crippen molar-refractivity contribution in [1.82, 2.24) is 0 Å². The molecule has 0 unspecified atom stereocenters. The van der Waals surface area contributed by atoms with Crippen LogP contribution in [0.25, 0.3) is 0 Å². The van der Waals surface area contributed by atoms with Crippen molar-refractivity contribution < 1.29 is 24.2 Å². The van der Waals surface area contributed by atoms with Gasteiger partial charge in [0.25, 0.3) is 0 Å². The fourth-order valence-electron chi connectivity index (χ4n) is 5.05. The molecule has 1 saturated carbocycles. The Bertz CT molecular complexity index is 738. The Morgan fingerprint density at radius 3 is 2.28 bits per heavy atom. The van der Waals surface area contributed by atoms with Crippen LogP contribution in [0, 0.1) is 11.8 Å². The van der Waals surface area contributed by atoms with Gasteiger partial charge in [0.05, 0.1) is 17.1 Å². The molecule has 0 bridgehead atoms. The summed E-state index contributed by atoms with van der Waals surface area (Å²) in [5.74, 6) is -1.52. The number of carboxylic acid groups (broad SMARTS) is 1. The van der Waals surface area contributed by atoms with E-state index < -0.39 is 29.2 Å². The van der Waals surface area contributed by atoms with Crippen LogP contribution >= 0.6 is 15.9 Å². The lowest BCUT2D eigenvalue weighted by Gasteiger charge is -2.51. The number of hydrogen-bond donors (Lipinski definition) is 1. The summed E-state index contributed by atoms with van der Waals surface area (Å²) < 4.78 is 13.5. The average Bonchev–Trinajstić information content (AvgIpc) is 2.66. The van der Waals surface area contributed by atoms with E-state index in [1.165, 1.54) is 6.42 Å². The highest BCUT2D eigenvalue weighted by molar-refractivity contribution is 9.10. The van der Waals surface area contributed by atoms with Gasteiger partial charge >= 0.3 is 11.9 Å². The first-order valence-electron chi connectivity index (χ1n) is 10.5. The zero-order valence-electron chi connectivity index (χ0n) is 17.4. The van der Waals surface area contributed by atoms with E-state index in [2.05, 4.69) is 15.9 Å². The normalized spacial score (nSPS) is 28.5. The molecule has 1 heterocycles. The molecule has 0 spiro atoms. The lowest BCUT2D eigenvalue weighted by atomic mass is 9.72. The minimum absolute atomic E-state index is 0.227. The number of esters is 1. The quantitative estimate of drug-likeness (QED) is 0.571. The molecule has 3 rings (SSSR count). The fraction of sp³-hybridized carbons (Fsp3) is 0.652. The fourth-order valence-corrected chi connectivity index (χ4v) is 5.31. The van der Waals surface area contributed by atoms with Crippen molar-refractivity contribution in [2.45, 2.75) is 83.0 Å². The summed E-state index contributed by atoms with van der Waals surface area (Å²) in [4.78, 5) is 24.6. The van der Waals surface area contributed by atoms with E-state index in [1.54, 1.807) is 12.1 Å². The van der Waals surface area contributed by atoms with Crippen molar-refractivity contribution in [1.29, 1.82) is 0 Å². The van der Waals surface area contributed by atoms with Crippen molar-refractivity contribution in [2.75, 3.05) is 0 Å². The maximum atomic E-state index is 12.9. The van der Waals surface area contributed by atoms with Crippen molar-refractivity contribution in [3.63, 3.8) is 0 Å². The molecule has 5 nitrogen and oxygen atoms in total. The van der Waals surface area contributed by atoms with Crippen LogP contribution in [-0.2, 0) is 14.3 Å². The van der Waals surface area contributed by atoms with Crippen LogP contribution in [0.1, 0.15) is 76.1 Å². The van der Waals surface area contributed by atoms with Crippen molar-refractivity contribution in [2.24, 2.45) is 11.8 Å². The Hall–Kier alpha value is -1.40.